The Morgan fingerprint density at radius 2 is 0.653 bits per heavy atom. The lowest BCUT2D eigenvalue weighted by molar-refractivity contribution is -0.139. The first kappa shape index (κ1) is 64.0. The number of allylic oxidation sites excluding steroid dienone is 4. The highest BCUT2D eigenvalue weighted by atomic mass is 32.2. The van der Waals surface area contributed by atoms with E-state index in [0.717, 1.165) is 77.5 Å². The van der Waals surface area contributed by atoms with Crippen molar-refractivity contribution in [1.29, 1.82) is 0 Å². The summed E-state index contributed by atoms with van der Waals surface area (Å²) in [5, 5.41) is 0. The third-order valence-corrected chi connectivity index (χ3v) is 16.4. The molecule has 2 rings (SSSR count). The Morgan fingerprint density at radius 1 is 0.389 bits per heavy atom. The minimum absolute atomic E-state index is 0.00937. The summed E-state index contributed by atoms with van der Waals surface area (Å²) in [4.78, 5) is 30.8. The normalized spacial score (nSPS) is 12.5. The Kier molecular flexibility index (Phi) is 36.6. The lowest BCUT2D eigenvalue weighted by Gasteiger charge is -2.20. The Morgan fingerprint density at radius 3 is 0.944 bits per heavy atom. The molecule has 0 saturated heterocycles. The summed E-state index contributed by atoms with van der Waals surface area (Å²) in [6.07, 6.45) is 40.4. The molecule has 0 aliphatic carbocycles. The molecule has 0 atom stereocenters. The number of sulfone groups is 2. The van der Waals surface area contributed by atoms with Crippen molar-refractivity contribution in [3.05, 3.63) is 107 Å². The van der Waals surface area contributed by atoms with Gasteiger partial charge in [-0.25, -0.2) is 26.4 Å². The SMILES string of the molecule is CCCCCCCCN(C=CC=C(C(=O)OCCCCCCOC(=O)C(=CC=CN(CCCCCCCC)CCCCCCCC)S(=O)(=O)c1ccccc1)S(=O)(=O)c1ccccc1)CCCCCCCC. The van der Waals surface area contributed by atoms with Gasteiger partial charge >= 0.3 is 11.9 Å². The average Bonchev–Trinajstić information content (AvgIpc) is 3.38. The van der Waals surface area contributed by atoms with Gasteiger partial charge in [0.1, 0.15) is 0 Å². The molecule has 2 aromatic rings. The van der Waals surface area contributed by atoms with E-state index in [1.165, 1.54) is 139 Å². The van der Waals surface area contributed by atoms with E-state index in [4.69, 9.17) is 9.47 Å². The minimum Gasteiger partial charge on any atom is -0.462 e. The maximum Gasteiger partial charge on any atom is 0.350 e. The van der Waals surface area contributed by atoms with Crippen molar-refractivity contribution < 1.29 is 35.9 Å². The molecule has 0 radical (unpaired) electrons. The Balaban J connectivity index is 2.08. The van der Waals surface area contributed by atoms with Gasteiger partial charge in [0, 0.05) is 26.2 Å². The van der Waals surface area contributed by atoms with Crippen LogP contribution in [0.4, 0.5) is 0 Å². The molecule has 12 heteroatoms. The molecule has 406 valence electrons. The predicted molar refractivity (Wildman–Crippen MR) is 299 cm³/mol. The number of nitrogens with zero attached hydrogens (tertiary/aromatic N) is 2. The van der Waals surface area contributed by atoms with Crippen LogP contribution in [0.1, 0.15) is 207 Å². The Labute approximate surface area is 439 Å². The summed E-state index contributed by atoms with van der Waals surface area (Å²) in [5.41, 5.74) is 0. The van der Waals surface area contributed by atoms with Gasteiger partial charge < -0.3 is 19.3 Å². The van der Waals surface area contributed by atoms with Crippen LogP contribution < -0.4 is 0 Å². The zero-order chi connectivity index (χ0) is 52.4. The maximum absolute atomic E-state index is 13.8. The summed E-state index contributed by atoms with van der Waals surface area (Å²) >= 11 is 0. The number of benzene rings is 2. The summed E-state index contributed by atoms with van der Waals surface area (Å²) in [5.74, 6) is -1.81. The van der Waals surface area contributed by atoms with E-state index >= 15 is 0 Å². The van der Waals surface area contributed by atoms with Crippen LogP contribution in [-0.4, -0.2) is 78.0 Å². The fourth-order valence-electron chi connectivity index (χ4n) is 8.42. The Hall–Kier alpha value is -4.16. The average molecular weight is 1040 g/mol. The van der Waals surface area contributed by atoms with Gasteiger partial charge in [0.05, 0.1) is 23.0 Å². The summed E-state index contributed by atoms with van der Waals surface area (Å²) in [6, 6.07) is 15.9. The second-order valence-corrected chi connectivity index (χ2v) is 23.0. The number of unbranched alkanes of at least 4 members (excludes halogenated alkanes) is 23. The van der Waals surface area contributed by atoms with E-state index in [2.05, 4.69) is 37.5 Å². The van der Waals surface area contributed by atoms with Gasteiger partial charge in [-0.2, -0.15) is 0 Å². The molecule has 0 bridgehead atoms. The third-order valence-electron chi connectivity index (χ3n) is 12.9. The fraction of sp³-hybridized carbons (Fsp3) is 0.633. The molecule has 0 aliphatic heterocycles. The van der Waals surface area contributed by atoms with Gasteiger partial charge in [0.15, 0.2) is 9.81 Å². The van der Waals surface area contributed by atoms with Gasteiger partial charge in [-0.3, -0.25) is 0 Å². The van der Waals surface area contributed by atoms with Crippen LogP contribution in [-0.2, 0) is 38.7 Å². The third kappa shape index (κ3) is 28.3. The lowest BCUT2D eigenvalue weighted by Crippen LogP contribution is -2.20. The van der Waals surface area contributed by atoms with Crippen LogP contribution in [0.3, 0.4) is 0 Å². The van der Waals surface area contributed by atoms with Crippen molar-refractivity contribution in [3.63, 3.8) is 0 Å². The van der Waals surface area contributed by atoms with E-state index in [9.17, 15) is 26.4 Å². The minimum atomic E-state index is -4.17. The molecule has 2 aromatic carbocycles. The highest BCUT2D eigenvalue weighted by Crippen LogP contribution is 2.23. The van der Waals surface area contributed by atoms with Crippen LogP contribution >= 0.6 is 0 Å². The van der Waals surface area contributed by atoms with E-state index in [0.29, 0.717) is 25.7 Å². The second-order valence-electron chi connectivity index (χ2n) is 19.2. The number of hydrogen-bond donors (Lipinski definition) is 0. The molecule has 0 aliphatic rings. The number of carbonyl (C=O) groups excluding carboxylic acids is 2. The standard InChI is InChI=1S/C60H96N2O8S2/c1-5-9-13-17-21-33-47-61(48-34-22-18-14-10-6-2)51-39-45-57(71(65,66)55-41-29-27-30-42-55)59(63)69-53-37-25-26-38-54-70-60(64)58(72(67,68)56-43-31-28-32-44-56)46-40-52-62(49-35-23-19-15-11-7-3)50-36-24-20-16-12-8-4/h27-32,39-46,51-52H,5-26,33-38,47-50,53-54H2,1-4H3. The first-order valence-corrected chi connectivity index (χ1v) is 31.2. The highest BCUT2D eigenvalue weighted by Gasteiger charge is 2.29. The first-order valence-electron chi connectivity index (χ1n) is 28.2. The number of ether oxygens (including phenoxy) is 2. The molecular formula is C60H96N2O8S2. The van der Waals surface area contributed by atoms with Crippen LogP contribution in [0.2, 0.25) is 0 Å². The van der Waals surface area contributed by atoms with Crippen LogP contribution in [0.15, 0.2) is 117 Å². The molecule has 0 unspecified atom stereocenters. The quantitative estimate of drug-likeness (QED) is 0.0274. The summed E-state index contributed by atoms with van der Waals surface area (Å²) in [7, 11) is -8.34. The molecule has 0 fully saturated rings. The number of esters is 2. The molecule has 0 saturated carbocycles. The zero-order valence-electron chi connectivity index (χ0n) is 45.3. The topological polar surface area (TPSA) is 127 Å². The highest BCUT2D eigenvalue weighted by molar-refractivity contribution is 7.96. The molecule has 72 heavy (non-hydrogen) atoms. The van der Waals surface area contributed by atoms with Crippen molar-refractivity contribution in [3.8, 4) is 0 Å². The van der Waals surface area contributed by atoms with Gasteiger partial charge in [-0.05, 0) is 112 Å². The van der Waals surface area contributed by atoms with Crippen molar-refractivity contribution in [1.82, 2.24) is 9.80 Å². The van der Waals surface area contributed by atoms with Crippen molar-refractivity contribution >= 4 is 31.6 Å². The fourth-order valence-corrected chi connectivity index (χ4v) is 11.0. The first-order chi connectivity index (χ1) is 35.0. The molecule has 0 amide bonds. The second kappa shape index (κ2) is 41.2. The maximum atomic E-state index is 13.8. The molecule has 0 heterocycles. The Bertz CT molecular complexity index is 1870. The van der Waals surface area contributed by atoms with Crippen molar-refractivity contribution in [2.75, 3.05) is 39.4 Å². The van der Waals surface area contributed by atoms with Gasteiger partial charge in [-0.15, -0.1) is 0 Å². The molecule has 0 N–H and O–H groups in total. The van der Waals surface area contributed by atoms with Crippen LogP contribution in [0.5, 0.6) is 0 Å². The largest absolute Gasteiger partial charge is 0.462 e. The van der Waals surface area contributed by atoms with Crippen molar-refractivity contribution in [2.24, 2.45) is 0 Å². The van der Waals surface area contributed by atoms with E-state index in [1.54, 1.807) is 48.6 Å². The lowest BCUT2D eigenvalue weighted by atomic mass is 10.1. The van der Waals surface area contributed by atoms with E-state index in [-0.39, 0.29) is 23.0 Å². The van der Waals surface area contributed by atoms with Gasteiger partial charge in [0.2, 0.25) is 19.7 Å². The number of hydrogen-bond acceptors (Lipinski definition) is 10. The number of rotatable bonds is 45. The molecule has 0 aromatic heterocycles. The van der Waals surface area contributed by atoms with E-state index < -0.39 is 41.4 Å². The van der Waals surface area contributed by atoms with Gasteiger partial charge in [0.25, 0.3) is 0 Å². The molecular weight excluding hydrogens is 941 g/mol. The zero-order valence-corrected chi connectivity index (χ0v) is 46.9. The van der Waals surface area contributed by atoms with Gasteiger partial charge in [-0.1, -0.05) is 193 Å². The van der Waals surface area contributed by atoms with Crippen LogP contribution in [0, 0.1) is 0 Å². The van der Waals surface area contributed by atoms with E-state index in [1.807, 2.05) is 12.4 Å². The predicted octanol–water partition coefficient (Wildman–Crippen LogP) is 15.4. The number of carbonyl (C=O) groups is 2. The van der Waals surface area contributed by atoms with Crippen molar-refractivity contribution in [2.45, 2.75) is 217 Å². The molecule has 10 nitrogen and oxygen atoms in total. The summed E-state index contributed by atoms with van der Waals surface area (Å²) in [6.45, 7) is 12.4. The monoisotopic (exact) mass is 1040 g/mol. The summed E-state index contributed by atoms with van der Waals surface area (Å²) < 4.78 is 66.5. The smallest absolute Gasteiger partial charge is 0.350 e. The molecule has 0 spiro atoms. The van der Waals surface area contributed by atoms with Crippen LogP contribution in [0.25, 0.3) is 0 Å².